The van der Waals surface area contributed by atoms with Gasteiger partial charge in [0.2, 0.25) is 0 Å². The normalized spacial score (nSPS) is 10.8. The van der Waals surface area contributed by atoms with E-state index in [4.69, 9.17) is 0 Å². The van der Waals surface area contributed by atoms with Crippen LogP contribution in [-0.4, -0.2) is 26.9 Å². The summed E-state index contributed by atoms with van der Waals surface area (Å²) in [5.41, 5.74) is 1.08. The van der Waals surface area contributed by atoms with E-state index in [1.54, 1.807) is 6.20 Å². The van der Waals surface area contributed by atoms with Crippen LogP contribution in [-0.2, 0) is 13.1 Å². The van der Waals surface area contributed by atoms with E-state index in [0.717, 1.165) is 24.6 Å². The Bertz CT molecular complexity index is 382. The SMILES string of the molecule is CN(Cc1ccccn1)Cc1ncc[nH]1. The predicted molar refractivity (Wildman–Crippen MR) is 58.0 cm³/mol. The molecule has 0 unspecified atom stereocenters. The minimum Gasteiger partial charge on any atom is -0.348 e. The van der Waals surface area contributed by atoms with Crippen molar-refractivity contribution in [3.8, 4) is 0 Å². The zero-order chi connectivity index (χ0) is 10.5. The van der Waals surface area contributed by atoms with Crippen LogP contribution in [0, 0.1) is 0 Å². The molecule has 0 radical (unpaired) electrons. The summed E-state index contributed by atoms with van der Waals surface area (Å²) in [6.45, 7) is 1.64. The van der Waals surface area contributed by atoms with Crippen LogP contribution in [0.1, 0.15) is 11.5 Å². The Morgan fingerprint density at radius 1 is 1.20 bits per heavy atom. The Labute approximate surface area is 89.0 Å². The summed E-state index contributed by atoms with van der Waals surface area (Å²) in [5, 5.41) is 0. The fourth-order valence-electron chi connectivity index (χ4n) is 1.46. The Hall–Kier alpha value is -1.68. The van der Waals surface area contributed by atoms with Crippen molar-refractivity contribution in [2.75, 3.05) is 7.05 Å². The second-order valence-electron chi connectivity index (χ2n) is 3.53. The maximum absolute atomic E-state index is 4.28. The Morgan fingerprint density at radius 3 is 2.80 bits per heavy atom. The van der Waals surface area contributed by atoms with E-state index in [1.165, 1.54) is 0 Å². The van der Waals surface area contributed by atoms with Gasteiger partial charge >= 0.3 is 0 Å². The van der Waals surface area contributed by atoms with Crippen molar-refractivity contribution in [2.45, 2.75) is 13.1 Å². The van der Waals surface area contributed by atoms with E-state index in [0.29, 0.717) is 0 Å². The lowest BCUT2D eigenvalue weighted by Crippen LogP contribution is -2.18. The molecule has 0 fully saturated rings. The van der Waals surface area contributed by atoms with E-state index in [-0.39, 0.29) is 0 Å². The molecular formula is C11H14N4. The molecule has 0 bridgehead atoms. The number of aromatic amines is 1. The van der Waals surface area contributed by atoms with Gasteiger partial charge in [-0.05, 0) is 19.2 Å². The summed E-state index contributed by atoms with van der Waals surface area (Å²) in [5.74, 6) is 0.980. The lowest BCUT2D eigenvalue weighted by atomic mass is 10.3. The quantitative estimate of drug-likeness (QED) is 0.815. The van der Waals surface area contributed by atoms with Crippen LogP contribution >= 0.6 is 0 Å². The molecule has 0 spiro atoms. The minimum atomic E-state index is 0.809. The monoisotopic (exact) mass is 202 g/mol. The van der Waals surface area contributed by atoms with Crippen molar-refractivity contribution in [1.29, 1.82) is 0 Å². The molecular weight excluding hydrogens is 188 g/mol. The molecule has 78 valence electrons. The average molecular weight is 202 g/mol. The van der Waals surface area contributed by atoms with Gasteiger partial charge in [-0.25, -0.2) is 4.98 Å². The maximum atomic E-state index is 4.28. The fourth-order valence-corrected chi connectivity index (χ4v) is 1.46. The van der Waals surface area contributed by atoms with Gasteiger partial charge < -0.3 is 4.98 Å². The van der Waals surface area contributed by atoms with Crippen LogP contribution in [0.25, 0.3) is 0 Å². The molecule has 0 saturated carbocycles. The molecule has 4 heteroatoms. The Morgan fingerprint density at radius 2 is 2.13 bits per heavy atom. The van der Waals surface area contributed by atoms with Crippen molar-refractivity contribution in [1.82, 2.24) is 19.9 Å². The van der Waals surface area contributed by atoms with Crippen LogP contribution in [0.2, 0.25) is 0 Å². The van der Waals surface area contributed by atoms with Gasteiger partial charge in [-0.1, -0.05) is 6.07 Å². The summed E-state index contributed by atoms with van der Waals surface area (Å²) in [4.78, 5) is 13.7. The van der Waals surface area contributed by atoms with Crippen LogP contribution in [0.4, 0.5) is 0 Å². The maximum Gasteiger partial charge on any atom is 0.120 e. The van der Waals surface area contributed by atoms with E-state index in [2.05, 4.69) is 26.9 Å². The van der Waals surface area contributed by atoms with Crippen LogP contribution in [0.15, 0.2) is 36.8 Å². The third-order valence-electron chi connectivity index (χ3n) is 2.13. The molecule has 0 aliphatic carbocycles. The van der Waals surface area contributed by atoms with Gasteiger partial charge in [0.15, 0.2) is 0 Å². The molecule has 0 aliphatic heterocycles. The highest BCUT2D eigenvalue weighted by Gasteiger charge is 2.03. The molecule has 4 nitrogen and oxygen atoms in total. The van der Waals surface area contributed by atoms with Crippen molar-refractivity contribution in [3.05, 3.63) is 48.3 Å². The van der Waals surface area contributed by atoms with Gasteiger partial charge in [0, 0.05) is 25.1 Å². The number of pyridine rings is 1. The molecule has 2 rings (SSSR count). The number of rotatable bonds is 4. The van der Waals surface area contributed by atoms with Crippen molar-refractivity contribution in [3.63, 3.8) is 0 Å². The number of H-pyrrole nitrogens is 1. The molecule has 0 aromatic carbocycles. The molecule has 2 aromatic heterocycles. The lowest BCUT2D eigenvalue weighted by Gasteiger charge is -2.14. The highest BCUT2D eigenvalue weighted by atomic mass is 15.1. The Kier molecular flexibility index (Phi) is 3.09. The summed E-state index contributed by atoms with van der Waals surface area (Å²) in [6.07, 6.45) is 5.42. The predicted octanol–water partition coefficient (Wildman–Crippen LogP) is 1.44. The number of nitrogens with one attached hydrogen (secondary N) is 1. The number of hydrogen-bond donors (Lipinski definition) is 1. The van der Waals surface area contributed by atoms with Crippen LogP contribution in [0.5, 0.6) is 0 Å². The molecule has 15 heavy (non-hydrogen) atoms. The summed E-state index contributed by atoms with van der Waals surface area (Å²) < 4.78 is 0. The van der Waals surface area contributed by atoms with Gasteiger partial charge in [0.05, 0.1) is 12.2 Å². The second-order valence-corrected chi connectivity index (χ2v) is 3.53. The third kappa shape index (κ3) is 2.89. The van der Waals surface area contributed by atoms with Crippen molar-refractivity contribution >= 4 is 0 Å². The first-order chi connectivity index (χ1) is 7.34. The number of imidazole rings is 1. The molecule has 0 saturated heterocycles. The van der Waals surface area contributed by atoms with Crippen LogP contribution in [0.3, 0.4) is 0 Å². The smallest absolute Gasteiger partial charge is 0.120 e. The van der Waals surface area contributed by atoms with Gasteiger partial charge in [-0.2, -0.15) is 0 Å². The second kappa shape index (κ2) is 4.70. The Balaban J connectivity index is 1.90. The number of hydrogen-bond acceptors (Lipinski definition) is 3. The highest BCUT2D eigenvalue weighted by Crippen LogP contribution is 2.02. The lowest BCUT2D eigenvalue weighted by molar-refractivity contribution is 0.308. The van der Waals surface area contributed by atoms with E-state index < -0.39 is 0 Å². The van der Waals surface area contributed by atoms with E-state index >= 15 is 0 Å². The molecule has 0 aliphatic rings. The fraction of sp³-hybridized carbons (Fsp3) is 0.273. The number of aromatic nitrogens is 3. The van der Waals surface area contributed by atoms with Gasteiger partial charge in [0.1, 0.15) is 5.82 Å². The minimum absolute atomic E-state index is 0.809. The van der Waals surface area contributed by atoms with Gasteiger partial charge in [0.25, 0.3) is 0 Å². The summed E-state index contributed by atoms with van der Waals surface area (Å²) in [7, 11) is 2.05. The summed E-state index contributed by atoms with van der Waals surface area (Å²) >= 11 is 0. The highest BCUT2D eigenvalue weighted by molar-refractivity contribution is 5.03. The van der Waals surface area contributed by atoms with Crippen molar-refractivity contribution in [2.24, 2.45) is 0 Å². The molecule has 2 heterocycles. The zero-order valence-corrected chi connectivity index (χ0v) is 8.72. The topological polar surface area (TPSA) is 44.8 Å². The molecule has 1 N–H and O–H groups in total. The first-order valence-electron chi connectivity index (χ1n) is 4.91. The average Bonchev–Trinajstić information content (AvgIpc) is 2.71. The molecule has 0 amide bonds. The first kappa shape index (κ1) is 9.86. The van der Waals surface area contributed by atoms with E-state index in [9.17, 15) is 0 Å². The van der Waals surface area contributed by atoms with Crippen LogP contribution < -0.4 is 0 Å². The zero-order valence-electron chi connectivity index (χ0n) is 8.72. The van der Waals surface area contributed by atoms with Gasteiger partial charge in [-0.15, -0.1) is 0 Å². The molecule has 2 aromatic rings. The first-order valence-corrected chi connectivity index (χ1v) is 4.91. The molecule has 0 atom stereocenters. The third-order valence-corrected chi connectivity index (χ3v) is 2.13. The standard InChI is InChI=1S/C11H14N4/c1-15(9-11-13-6-7-14-11)8-10-4-2-3-5-12-10/h2-7H,8-9H2,1H3,(H,13,14). The van der Waals surface area contributed by atoms with Crippen molar-refractivity contribution < 1.29 is 0 Å². The van der Waals surface area contributed by atoms with Gasteiger partial charge in [-0.3, -0.25) is 9.88 Å². The largest absolute Gasteiger partial charge is 0.348 e. The van der Waals surface area contributed by atoms with E-state index in [1.807, 2.05) is 30.6 Å². The summed E-state index contributed by atoms with van der Waals surface area (Å²) in [6, 6.07) is 5.96. The number of nitrogens with zero attached hydrogens (tertiary/aromatic N) is 3.